The summed E-state index contributed by atoms with van der Waals surface area (Å²) in [5.41, 5.74) is 1.31. The van der Waals surface area contributed by atoms with Crippen LogP contribution in [0.4, 0.5) is 0 Å². The van der Waals surface area contributed by atoms with Crippen LogP contribution in [0.3, 0.4) is 0 Å². The molecule has 25 heavy (non-hydrogen) atoms. The molecule has 4 heteroatoms. The molecule has 0 saturated carbocycles. The Morgan fingerprint density at radius 3 is 2.20 bits per heavy atom. The quantitative estimate of drug-likeness (QED) is 0.519. The van der Waals surface area contributed by atoms with Crippen molar-refractivity contribution in [3.8, 4) is 5.75 Å². The second-order valence-electron chi connectivity index (χ2n) is 5.65. The first-order valence-corrected chi connectivity index (χ1v) is 8.03. The van der Waals surface area contributed by atoms with Crippen molar-refractivity contribution < 1.29 is 19.1 Å². The van der Waals surface area contributed by atoms with Crippen LogP contribution in [0.5, 0.6) is 5.75 Å². The van der Waals surface area contributed by atoms with E-state index >= 15 is 0 Å². The van der Waals surface area contributed by atoms with Gasteiger partial charge in [-0.3, -0.25) is 4.79 Å². The monoisotopic (exact) mass is 334 g/mol. The molecule has 0 saturated heterocycles. The molecule has 0 fully saturated rings. The Morgan fingerprint density at radius 1 is 0.880 bits per heavy atom. The standard InChI is InChI=1S/C21H18O4/c1-24-21(23)18-13-16-9-5-6-10-17(16)14-19(18)25-20(22)12-11-15-7-3-2-4-8-15/h2-10,13-14H,11-12H2,1H3. The molecule has 3 aromatic carbocycles. The van der Waals surface area contributed by atoms with Gasteiger partial charge in [-0.25, -0.2) is 4.79 Å². The van der Waals surface area contributed by atoms with E-state index in [0.29, 0.717) is 6.42 Å². The van der Waals surface area contributed by atoms with Crippen molar-refractivity contribution in [2.24, 2.45) is 0 Å². The number of fused-ring (bicyclic) bond motifs is 1. The van der Waals surface area contributed by atoms with E-state index < -0.39 is 5.97 Å². The highest BCUT2D eigenvalue weighted by atomic mass is 16.5. The minimum atomic E-state index is -0.531. The summed E-state index contributed by atoms with van der Waals surface area (Å²) in [6, 6.07) is 20.7. The summed E-state index contributed by atoms with van der Waals surface area (Å²) in [6.45, 7) is 0. The number of esters is 2. The summed E-state index contributed by atoms with van der Waals surface area (Å²) in [4.78, 5) is 24.2. The fourth-order valence-electron chi connectivity index (χ4n) is 2.64. The summed E-state index contributed by atoms with van der Waals surface area (Å²) in [6.07, 6.45) is 0.818. The Hall–Kier alpha value is -3.14. The van der Waals surface area contributed by atoms with Gasteiger partial charge in [-0.1, -0.05) is 54.6 Å². The van der Waals surface area contributed by atoms with Gasteiger partial charge in [-0.2, -0.15) is 0 Å². The first-order chi connectivity index (χ1) is 12.2. The molecule has 0 aliphatic rings. The zero-order chi connectivity index (χ0) is 17.6. The lowest BCUT2D eigenvalue weighted by Gasteiger charge is -2.11. The predicted octanol–water partition coefficient (Wildman–Crippen LogP) is 4.16. The number of hydrogen-bond acceptors (Lipinski definition) is 4. The smallest absolute Gasteiger partial charge is 0.341 e. The van der Waals surface area contributed by atoms with Crippen molar-refractivity contribution in [2.75, 3.05) is 7.11 Å². The van der Waals surface area contributed by atoms with Crippen LogP contribution in [0.25, 0.3) is 10.8 Å². The number of benzene rings is 3. The molecule has 3 aromatic rings. The molecule has 3 rings (SSSR count). The van der Waals surface area contributed by atoms with Gasteiger partial charge in [0.15, 0.2) is 0 Å². The van der Waals surface area contributed by atoms with Crippen LogP contribution in [0.2, 0.25) is 0 Å². The zero-order valence-electron chi connectivity index (χ0n) is 13.9. The summed E-state index contributed by atoms with van der Waals surface area (Å²) >= 11 is 0. The van der Waals surface area contributed by atoms with Crippen LogP contribution >= 0.6 is 0 Å². The second kappa shape index (κ2) is 7.62. The first-order valence-electron chi connectivity index (χ1n) is 8.03. The first kappa shape index (κ1) is 16.7. The molecule has 0 spiro atoms. The third-order valence-electron chi connectivity index (χ3n) is 3.94. The lowest BCUT2D eigenvalue weighted by molar-refractivity contribution is -0.134. The van der Waals surface area contributed by atoms with E-state index in [1.165, 1.54) is 7.11 Å². The third kappa shape index (κ3) is 4.04. The third-order valence-corrected chi connectivity index (χ3v) is 3.94. The van der Waals surface area contributed by atoms with Crippen molar-refractivity contribution in [3.63, 3.8) is 0 Å². The maximum atomic E-state index is 12.2. The lowest BCUT2D eigenvalue weighted by atomic mass is 10.1. The van der Waals surface area contributed by atoms with Crippen molar-refractivity contribution in [1.82, 2.24) is 0 Å². The number of hydrogen-bond donors (Lipinski definition) is 0. The molecule has 0 N–H and O–H groups in total. The van der Waals surface area contributed by atoms with Crippen molar-refractivity contribution in [3.05, 3.63) is 77.9 Å². The molecule has 4 nitrogen and oxygen atoms in total. The molecule has 0 radical (unpaired) electrons. The number of carbonyl (C=O) groups excluding carboxylic acids is 2. The van der Waals surface area contributed by atoms with Crippen LogP contribution in [-0.4, -0.2) is 19.0 Å². The van der Waals surface area contributed by atoms with Crippen molar-refractivity contribution in [2.45, 2.75) is 12.8 Å². The average molecular weight is 334 g/mol. The van der Waals surface area contributed by atoms with E-state index in [4.69, 9.17) is 9.47 Å². The Balaban J connectivity index is 1.81. The lowest BCUT2D eigenvalue weighted by Crippen LogP contribution is -2.12. The van der Waals surface area contributed by atoms with Crippen LogP contribution in [-0.2, 0) is 16.0 Å². The molecular formula is C21H18O4. The molecule has 0 aliphatic carbocycles. The van der Waals surface area contributed by atoms with E-state index in [2.05, 4.69) is 0 Å². The zero-order valence-corrected chi connectivity index (χ0v) is 13.9. The fraction of sp³-hybridized carbons (Fsp3) is 0.143. The van der Waals surface area contributed by atoms with Gasteiger partial charge < -0.3 is 9.47 Å². The Kier molecular flexibility index (Phi) is 5.09. The molecule has 0 aliphatic heterocycles. The largest absolute Gasteiger partial charge is 0.465 e. The highest BCUT2D eigenvalue weighted by Crippen LogP contribution is 2.27. The molecule has 0 heterocycles. The van der Waals surface area contributed by atoms with Gasteiger partial charge in [0.1, 0.15) is 11.3 Å². The van der Waals surface area contributed by atoms with E-state index in [0.717, 1.165) is 16.3 Å². The van der Waals surface area contributed by atoms with Crippen LogP contribution < -0.4 is 4.74 Å². The number of methoxy groups -OCH3 is 1. The average Bonchev–Trinajstić information content (AvgIpc) is 2.66. The van der Waals surface area contributed by atoms with E-state index in [-0.39, 0.29) is 23.7 Å². The number of ether oxygens (including phenoxy) is 2. The minimum absolute atomic E-state index is 0.226. The van der Waals surface area contributed by atoms with E-state index in [1.807, 2.05) is 54.6 Å². The van der Waals surface area contributed by atoms with Gasteiger partial charge in [-0.15, -0.1) is 0 Å². The summed E-state index contributed by atoms with van der Waals surface area (Å²) < 4.78 is 10.3. The van der Waals surface area contributed by atoms with Gasteiger partial charge >= 0.3 is 11.9 Å². The summed E-state index contributed by atoms with van der Waals surface area (Å²) in [5.74, 6) is -0.690. The normalized spacial score (nSPS) is 10.4. The van der Waals surface area contributed by atoms with Gasteiger partial charge in [0, 0.05) is 6.42 Å². The minimum Gasteiger partial charge on any atom is -0.465 e. The molecule has 126 valence electrons. The molecule has 0 unspecified atom stereocenters. The molecule has 0 aromatic heterocycles. The predicted molar refractivity (Wildman–Crippen MR) is 95.7 cm³/mol. The number of carbonyl (C=O) groups is 2. The van der Waals surface area contributed by atoms with E-state index in [9.17, 15) is 9.59 Å². The number of aryl methyl sites for hydroxylation is 1. The Bertz CT molecular complexity index is 900. The Morgan fingerprint density at radius 2 is 1.52 bits per heavy atom. The van der Waals surface area contributed by atoms with Gasteiger partial charge in [-0.05, 0) is 34.9 Å². The second-order valence-corrected chi connectivity index (χ2v) is 5.65. The fourth-order valence-corrected chi connectivity index (χ4v) is 2.64. The summed E-state index contributed by atoms with van der Waals surface area (Å²) in [7, 11) is 1.30. The van der Waals surface area contributed by atoms with E-state index in [1.54, 1.807) is 12.1 Å². The van der Waals surface area contributed by atoms with Crippen LogP contribution in [0.15, 0.2) is 66.7 Å². The molecule has 0 bridgehead atoms. The maximum absolute atomic E-state index is 12.2. The molecule has 0 atom stereocenters. The Labute approximate surface area is 146 Å². The molecule has 0 amide bonds. The van der Waals surface area contributed by atoms with Crippen molar-refractivity contribution in [1.29, 1.82) is 0 Å². The maximum Gasteiger partial charge on any atom is 0.341 e. The topological polar surface area (TPSA) is 52.6 Å². The highest BCUT2D eigenvalue weighted by molar-refractivity contribution is 5.99. The van der Waals surface area contributed by atoms with Gasteiger partial charge in [0.2, 0.25) is 0 Å². The van der Waals surface area contributed by atoms with Gasteiger partial charge in [0.25, 0.3) is 0 Å². The van der Waals surface area contributed by atoms with Gasteiger partial charge in [0.05, 0.1) is 7.11 Å². The molecular weight excluding hydrogens is 316 g/mol. The van der Waals surface area contributed by atoms with Crippen LogP contribution in [0, 0.1) is 0 Å². The highest BCUT2D eigenvalue weighted by Gasteiger charge is 2.17. The summed E-state index contributed by atoms with van der Waals surface area (Å²) in [5, 5.41) is 1.77. The SMILES string of the molecule is COC(=O)c1cc2ccccc2cc1OC(=O)CCc1ccccc1. The number of rotatable bonds is 5. The van der Waals surface area contributed by atoms with Crippen LogP contribution in [0.1, 0.15) is 22.3 Å². The van der Waals surface area contributed by atoms with Crippen molar-refractivity contribution >= 4 is 22.7 Å².